The third-order valence-corrected chi connectivity index (χ3v) is 3.84. The maximum absolute atomic E-state index is 12.2. The second kappa shape index (κ2) is 6.19. The second-order valence-electron chi connectivity index (χ2n) is 5.55. The van der Waals surface area contributed by atoms with E-state index in [0.717, 1.165) is 31.5 Å². The number of hydrogen-bond donors (Lipinski definition) is 2. The minimum Gasteiger partial charge on any atom is -0.508 e. The van der Waals surface area contributed by atoms with Crippen molar-refractivity contribution in [2.24, 2.45) is 5.73 Å². The van der Waals surface area contributed by atoms with E-state index in [9.17, 15) is 9.90 Å². The van der Waals surface area contributed by atoms with Crippen molar-refractivity contribution in [2.75, 3.05) is 13.1 Å². The molecule has 22 heavy (non-hydrogen) atoms. The van der Waals surface area contributed by atoms with Gasteiger partial charge in [0.15, 0.2) is 5.69 Å². The van der Waals surface area contributed by atoms with Crippen LogP contribution in [0.2, 0.25) is 0 Å². The molecule has 0 saturated carbocycles. The van der Waals surface area contributed by atoms with Crippen LogP contribution in [0.5, 0.6) is 5.75 Å². The maximum atomic E-state index is 12.2. The predicted molar refractivity (Wildman–Crippen MR) is 80.4 cm³/mol. The Kier molecular flexibility index (Phi) is 4.11. The van der Waals surface area contributed by atoms with E-state index in [4.69, 9.17) is 10.2 Å². The highest BCUT2D eigenvalue weighted by Gasteiger charge is 2.23. The normalized spacial score (nSPS) is 16.0. The standard InChI is InChI=1S/C16H19N3O3/c17-13(9-11-3-5-12(20)6-4-11)15-18-14(10-22-15)16(21)19-7-1-2-8-19/h3-6,10,13,20H,1-2,7-9,17H2. The molecule has 2 heterocycles. The molecular formula is C16H19N3O3. The van der Waals surface area contributed by atoms with Crippen molar-refractivity contribution in [3.05, 3.63) is 47.7 Å². The Bertz CT molecular complexity index is 645. The fourth-order valence-electron chi connectivity index (χ4n) is 2.61. The van der Waals surface area contributed by atoms with Gasteiger partial charge in [-0.1, -0.05) is 12.1 Å². The first-order valence-corrected chi connectivity index (χ1v) is 7.41. The number of oxazole rings is 1. The topological polar surface area (TPSA) is 92.6 Å². The number of nitrogens with zero attached hydrogens (tertiary/aromatic N) is 2. The Labute approximate surface area is 128 Å². The number of carbonyl (C=O) groups is 1. The van der Waals surface area contributed by atoms with E-state index >= 15 is 0 Å². The zero-order valence-electron chi connectivity index (χ0n) is 12.2. The average Bonchev–Trinajstić information content (AvgIpc) is 3.20. The molecule has 3 N–H and O–H groups in total. The number of likely N-dealkylation sites (tertiary alicyclic amines) is 1. The number of phenols is 1. The molecule has 1 fully saturated rings. The summed E-state index contributed by atoms with van der Waals surface area (Å²) < 4.78 is 5.37. The summed E-state index contributed by atoms with van der Waals surface area (Å²) in [5.74, 6) is 0.479. The predicted octanol–water partition coefficient (Wildman–Crippen LogP) is 1.86. The van der Waals surface area contributed by atoms with Crippen LogP contribution in [-0.4, -0.2) is 34.0 Å². The van der Waals surface area contributed by atoms with Crippen molar-refractivity contribution >= 4 is 5.91 Å². The zero-order chi connectivity index (χ0) is 15.5. The Morgan fingerprint density at radius 2 is 2.00 bits per heavy atom. The summed E-state index contributed by atoms with van der Waals surface area (Å²) in [6, 6.07) is 6.40. The van der Waals surface area contributed by atoms with Gasteiger partial charge in [-0.05, 0) is 37.0 Å². The molecule has 3 rings (SSSR count). The Balaban J connectivity index is 1.67. The number of carbonyl (C=O) groups excluding carboxylic acids is 1. The van der Waals surface area contributed by atoms with E-state index in [1.165, 1.54) is 6.26 Å². The molecule has 0 bridgehead atoms. The van der Waals surface area contributed by atoms with Gasteiger partial charge in [-0.2, -0.15) is 0 Å². The summed E-state index contributed by atoms with van der Waals surface area (Å²) in [6.07, 6.45) is 3.98. The summed E-state index contributed by atoms with van der Waals surface area (Å²) >= 11 is 0. The number of aromatic hydroxyl groups is 1. The minimum absolute atomic E-state index is 0.0932. The van der Waals surface area contributed by atoms with E-state index in [0.29, 0.717) is 18.0 Å². The monoisotopic (exact) mass is 301 g/mol. The molecule has 1 aliphatic heterocycles. The van der Waals surface area contributed by atoms with Gasteiger partial charge in [-0.15, -0.1) is 0 Å². The lowest BCUT2D eigenvalue weighted by atomic mass is 10.1. The third kappa shape index (κ3) is 3.12. The number of aromatic nitrogens is 1. The SMILES string of the molecule is NC(Cc1ccc(O)cc1)c1nc(C(=O)N2CCCC2)co1. The van der Waals surface area contributed by atoms with E-state index in [2.05, 4.69) is 4.98 Å². The first-order valence-electron chi connectivity index (χ1n) is 7.41. The van der Waals surface area contributed by atoms with Crippen LogP contribution < -0.4 is 5.73 Å². The molecule has 1 unspecified atom stereocenters. The van der Waals surface area contributed by atoms with Crippen molar-refractivity contribution in [3.8, 4) is 5.75 Å². The molecule has 1 aliphatic rings. The third-order valence-electron chi connectivity index (χ3n) is 3.84. The average molecular weight is 301 g/mol. The lowest BCUT2D eigenvalue weighted by Crippen LogP contribution is -2.28. The van der Waals surface area contributed by atoms with Crippen LogP contribution in [-0.2, 0) is 6.42 Å². The molecule has 0 aliphatic carbocycles. The summed E-state index contributed by atoms with van der Waals surface area (Å²) in [4.78, 5) is 18.2. The number of rotatable bonds is 4. The van der Waals surface area contributed by atoms with E-state index in [1.54, 1.807) is 29.2 Å². The van der Waals surface area contributed by atoms with E-state index < -0.39 is 6.04 Å². The number of benzene rings is 1. The van der Waals surface area contributed by atoms with Gasteiger partial charge in [-0.3, -0.25) is 4.79 Å². The first kappa shape index (κ1) is 14.6. The van der Waals surface area contributed by atoms with Gasteiger partial charge in [0.2, 0.25) is 5.89 Å². The van der Waals surface area contributed by atoms with Gasteiger partial charge in [-0.25, -0.2) is 4.98 Å². The molecule has 1 atom stereocenters. The maximum Gasteiger partial charge on any atom is 0.275 e. The molecule has 2 aromatic rings. The Morgan fingerprint density at radius 1 is 1.32 bits per heavy atom. The van der Waals surface area contributed by atoms with Crippen LogP contribution >= 0.6 is 0 Å². The highest BCUT2D eigenvalue weighted by Crippen LogP contribution is 2.19. The summed E-state index contributed by atoms with van der Waals surface area (Å²) in [5, 5.41) is 9.27. The molecule has 6 nitrogen and oxygen atoms in total. The van der Waals surface area contributed by atoms with Crippen LogP contribution in [0.3, 0.4) is 0 Å². The lowest BCUT2D eigenvalue weighted by molar-refractivity contribution is 0.0787. The highest BCUT2D eigenvalue weighted by atomic mass is 16.3. The van der Waals surface area contributed by atoms with Gasteiger partial charge in [0, 0.05) is 13.1 Å². The quantitative estimate of drug-likeness (QED) is 0.899. The number of nitrogens with two attached hydrogens (primary N) is 1. The van der Waals surface area contributed by atoms with E-state index in [1.807, 2.05) is 0 Å². The molecule has 1 saturated heterocycles. The summed E-state index contributed by atoms with van der Waals surface area (Å²) in [6.45, 7) is 1.56. The second-order valence-corrected chi connectivity index (χ2v) is 5.55. The van der Waals surface area contributed by atoms with Crippen LogP contribution in [0.15, 0.2) is 34.9 Å². The smallest absolute Gasteiger partial charge is 0.275 e. The molecule has 6 heteroatoms. The van der Waals surface area contributed by atoms with E-state index in [-0.39, 0.29) is 11.7 Å². The van der Waals surface area contributed by atoms with Gasteiger partial charge in [0.05, 0.1) is 6.04 Å². The van der Waals surface area contributed by atoms with Crippen LogP contribution in [0.1, 0.15) is 40.8 Å². The molecule has 0 radical (unpaired) electrons. The number of phenolic OH excluding ortho intramolecular Hbond substituents is 1. The fraction of sp³-hybridized carbons (Fsp3) is 0.375. The summed E-state index contributed by atoms with van der Waals surface area (Å²) in [5.41, 5.74) is 7.37. The van der Waals surface area contributed by atoms with Crippen molar-refractivity contribution in [1.29, 1.82) is 0 Å². The molecule has 1 aromatic heterocycles. The van der Waals surface area contributed by atoms with Crippen molar-refractivity contribution in [1.82, 2.24) is 9.88 Å². The van der Waals surface area contributed by atoms with Crippen molar-refractivity contribution < 1.29 is 14.3 Å². The Hall–Kier alpha value is -2.34. The number of amides is 1. The first-order chi connectivity index (χ1) is 10.6. The molecule has 1 amide bonds. The van der Waals surface area contributed by atoms with Crippen LogP contribution in [0.4, 0.5) is 0 Å². The highest BCUT2D eigenvalue weighted by molar-refractivity contribution is 5.92. The zero-order valence-corrected chi connectivity index (χ0v) is 12.2. The van der Waals surface area contributed by atoms with Gasteiger partial charge >= 0.3 is 0 Å². The lowest BCUT2D eigenvalue weighted by Gasteiger charge is -2.12. The Morgan fingerprint density at radius 3 is 2.68 bits per heavy atom. The van der Waals surface area contributed by atoms with Crippen molar-refractivity contribution in [3.63, 3.8) is 0 Å². The summed E-state index contributed by atoms with van der Waals surface area (Å²) in [7, 11) is 0. The van der Waals surface area contributed by atoms with Crippen LogP contribution in [0.25, 0.3) is 0 Å². The molecular weight excluding hydrogens is 282 g/mol. The fourth-order valence-corrected chi connectivity index (χ4v) is 2.61. The largest absolute Gasteiger partial charge is 0.508 e. The van der Waals surface area contributed by atoms with Crippen molar-refractivity contribution in [2.45, 2.75) is 25.3 Å². The number of hydrogen-bond acceptors (Lipinski definition) is 5. The molecule has 0 spiro atoms. The van der Waals surface area contributed by atoms with Crippen LogP contribution in [0, 0.1) is 0 Å². The minimum atomic E-state index is -0.426. The molecule has 1 aromatic carbocycles. The van der Waals surface area contributed by atoms with Gasteiger partial charge < -0.3 is 20.2 Å². The van der Waals surface area contributed by atoms with Gasteiger partial charge in [0.25, 0.3) is 5.91 Å². The van der Waals surface area contributed by atoms with Gasteiger partial charge in [0.1, 0.15) is 12.0 Å². The molecule has 116 valence electrons.